The van der Waals surface area contributed by atoms with Crippen LogP contribution in [0.4, 0.5) is 5.95 Å². The van der Waals surface area contributed by atoms with E-state index >= 15 is 0 Å². The number of anilines is 1. The molecule has 1 N–H and O–H groups in total. The Bertz CT molecular complexity index is 547. The summed E-state index contributed by atoms with van der Waals surface area (Å²) in [4.78, 5) is 33.0. The number of aryl methyl sites for hydroxylation is 1. The summed E-state index contributed by atoms with van der Waals surface area (Å²) in [6, 6.07) is -0.0876. The van der Waals surface area contributed by atoms with Crippen molar-refractivity contribution >= 4 is 17.9 Å². The zero-order valence-electron chi connectivity index (χ0n) is 12.2. The van der Waals surface area contributed by atoms with E-state index in [2.05, 4.69) is 9.97 Å². The zero-order chi connectivity index (χ0) is 15.4. The third-order valence-corrected chi connectivity index (χ3v) is 3.51. The number of hydrogen-bond donors (Lipinski definition) is 1. The van der Waals surface area contributed by atoms with Crippen molar-refractivity contribution in [2.24, 2.45) is 0 Å². The minimum Gasteiger partial charge on any atom is -0.481 e. The Balaban J connectivity index is 2.19. The van der Waals surface area contributed by atoms with Gasteiger partial charge in [0.15, 0.2) is 0 Å². The molecule has 0 saturated carbocycles. The number of esters is 1. The van der Waals surface area contributed by atoms with Crippen LogP contribution in [0.1, 0.15) is 42.2 Å². The highest BCUT2D eigenvalue weighted by atomic mass is 16.5. The van der Waals surface area contributed by atoms with Crippen molar-refractivity contribution in [1.29, 1.82) is 0 Å². The number of aliphatic carboxylic acids is 1. The number of rotatable bonds is 5. The highest BCUT2D eigenvalue weighted by Gasteiger charge is 2.29. The van der Waals surface area contributed by atoms with E-state index in [9.17, 15) is 9.59 Å². The topological polar surface area (TPSA) is 92.6 Å². The molecule has 1 aliphatic rings. The molecular formula is C14H19N3O4. The van der Waals surface area contributed by atoms with Crippen LogP contribution in [0, 0.1) is 6.92 Å². The lowest BCUT2D eigenvalue weighted by Crippen LogP contribution is -2.33. The molecule has 1 aliphatic heterocycles. The van der Waals surface area contributed by atoms with Crippen LogP contribution in [0.3, 0.4) is 0 Å². The van der Waals surface area contributed by atoms with Crippen molar-refractivity contribution in [2.75, 3.05) is 18.1 Å². The zero-order valence-corrected chi connectivity index (χ0v) is 12.2. The monoisotopic (exact) mass is 293 g/mol. The second-order valence-electron chi connectivity index (χ2n) is 4.98. The molecule has 7 heteroatoms. The fourth-order valence-electron chi connectivity index (χ4n) is 2.52. The third kappa shape index (κ3) is 3.48. The van der Waals surface area contributed by atoms with E-state index in [4.69, 9.17) is 9.84 Å². The smallest absolute Gasteiger partial charge is 0.341 e. The van der Waals surface area contributed by atoms with Crippen LogP contribution in [-0.4, -0.2) is 46.2 Å². The van der Waals surface area contributed by atoms with Gasteiger partial charge in [-0.3, -0.25) is 4.79 Å². The van der Waals surface area contributed by atoms with Crippen molar-refractivity contribution in [3.63, 3.8) is 0 Å². The predicted octanol–water partition coefficient (Wildman–Crippen LogP) is 1.41. The van der Waals surface area contributed by atoms with E-state index < -0.39 is 11.9 Å². The second-order valence-corrected chi connectivity index (χ2v) is 4.98. The van der Waals surface area contributed by atoms with Crippen LogP contribution >= 0.6 is 0 Å². The van der Waals surface area contributed by atoms with Crippen LogP contribution < -0.4 is 4.90 Å². The number of nitrogens with zero attached hydrogens (tertiary/aromatic N) is 3. The van der Waals surface area contributed by atoms with E-state index in [1.54, 1.807) is 13.8 Å². The summed E-state index contributed by atoms with van der Waals surface area (Å²) in [5.41, 5.74) is 0.883. The van der Waals surface area contributed by atoms with Gasteiger partial charge in [-0.1, -0.05) is 0 Å². The normalized spacial score (nSPS) is 17.8. The van der Waals surface area contributed by atoms with Crippen molar-refractivity contribution in [3.8, 4) is 0 Å². The van der Waals surface area contributed by atoms with E-state index in [-0.39, 0.29) is 12.5 Å². The molecule has 1 unspecified atom stereocenters. The highest BCUT2D eigenvalue weighted by Crippen LogP contribution is 2.25. The number of ether oxygens (including phenoxy) is 1. The highest BCUT2D eigenvalue weighted by molar-refractivity contribution is 5.90. The van der Waals surface area contributed by atoms with Crippen LogP contribution in [-0.2, 0) is 9.53 Å². The summed E-state index contributed by atoms with van der Waals surface area (Å²) in [6.45, 7) is 4.49. The fourth-order valence-corrected chi connectivity index (χ4v) is 2.52. The largest absolute Gasteiger partial charge is 0.481 e. The van der Waals surface area contributed by atoms with Gasteiger partial charge in [-0.15, -0.1) is 0 Å². The molecule has 2 heterocycles. The molecule has 0 bridgehead atoms. The number of carbonyl (C=O) groups excluding carboxylic acids is 1. The standard InChI is InChI=1S/C14H19N3O4/c1-3-21-13(20)11-8-15-14(16-9(11)2)17-6-4-5-10(17)7-12(18)19/h8,10H,3-7H2,1-2H3,(H,18,19). The Labute approximate surface area is 123 Å². The Morgan fingerprint density at radius 2 is 2.29 bits per heavy atom. The van der Waals surface area contributed by atoms with Gasteiger partial charge in [-0.2, -0.15) is 0 Å². The summed E-state index contributed by atoms with van der Waals surface area (Å²) in [5, 5.41) is 8.94. The van der Waals surface area contributed by atoms with E-state index in [0.29, 0.717) is 23.8 Å². The molecule has 1 atom stereocenters. The third-order valence-electron chi connectivity index (χ3n) is 3.51. The van der Waals surface area contributed by atoms with Gasteiger partial charge in [-0.05, 0) is 26.7 Å². The maximum atomic E-state index is 11.7. The molecule has 1 fully saturated rings. The van der Waals surface area contributed by atoms with Gasteiger partial charge < -0.3 is 14.7 Å². The Kier molecular flexibility index (Phi) is 4.72. The Morgan fingerprint density at radius 1 is 1.52 bits per heavy atom. The van der Waals surface area contributed by atoms with Gasteiger partial charge in [0, 0.05) is 18.8 Å². The SMILES string of the molecule is CCOC(=O)c1cnc(N2CCCC2CC(=O)O)nc1C. The predicted molar refractivity (Wildman–Crippen MR) is 75.3 cm³/mol. The van der Waals surface area contributed by atoms with Gasteiger partial charge in [0.1, 0.15) is 0 Å². The number of aromatic nitrogens is 2. The fraction of sp³-hybridized carbons (Fsp3) is 0.571. The molecule has 0 aromatic carbocycles. The second kappa shape index (κ2) is 6.51. The molecule has 7 nitrogen and oxygen atoms in total. The molecule has 0 aliphatic carbocycles. The average Bonchev–Trinajstić information content (AvgIpc) is 2.86. The lowest BCUT2D eigenvalue weighted by molar-refractivity contribution is -0.137. The molecule has 0 spiro atoms. The molecule has 21 heavy (non-hydrogen) atoms. The van der Waals surface area contributed by atoms with Crippen molar-refractivity contribution < 1.29 is 19.4 Å². The molecule has 0 amide bonds. The maximum Gasteiger partial charge on any atom is 0.341 e. The van der Waals surface area contributed by atoms with Crippen LogP contribution in [0.5, 0.6) is 0 Å². The lowest BCUT2D eigenvalue weighted by atomic mass is 10.1. The van der Waals surface area contributed by atoms with Crippen LogP contribution in [0.25, 0.3) is 0 Å². The first-order chi connectivity index (χ1) is 10.0. The maximum absolute atomic E-state index is 11.7. The van der Waals surface area contributed by atoms with Crippen molar-refractivity contribution in [1.82, 2.24) is 9.97 Å². The van der Waals surface area contributed by atoms with E-state index in [1.807, 2.05) is 4.90 Å². The summed E-state index contributed by atoms with van der Waals surface area (Å²) in [6.07, 6.45) is 3.25. The lowest BCUT2D eigenvalue weighted by Gasteiger charge is -2.23. The Morgan fingerprint density at radius 3 is 2.90 bits per heavy atom. The number of hydrogen-bond acceptors (Lipinski definition) is 6. The first kappa shape index (κ1) is 15.2. The Hall–Kier alpha value is -2.18. The number of carbonyl (C=O) groups is 2. The van der Waals surface area contributed by atoms with Crippen LogP contribution in [0.15, 0.2) is 6.20 Å². The van der Waals surface area contributed by atoms with E-state index in [1.165, 1.54) is 6.20 Å². The molecule has 1 saturated heterocycles. The van der Waals surface area contributed by atoms with Gasteiger partial charge in [0.2, 0.25) is 5.95 Å². The van der Waals surface area contributed by atoms with Crippen LogP contribution in [0.2, 0.25) is 0 Å². The average molecular weight is 293 g/mol. The minimum atomic E-state index is -0.827. The quantitative estimate of drug-likeness (QED) is 0.820. The summed E-state index contributed by atoms with van der Waals surface area (Å²) in [7, 11) is 0. The van der Waals surface area contributed by atoms with Gasteiger partial charge >= 0.3 is 11.9 Å². The molecule has 2 rings (SSSR count). The summed E-state index contributed by atoms with van der Waals surface area (Å²) in [5.74, 6) is -0.791. The van der Waals surface area contributed by atoms with Crippen molar-refractivity contribution in [2.45, 2.75) is 39.2 Å². The summed E-state index contributed by atoms with van der Waals surface area (Å²) >= 11 is 0. The molecule has 1 aromatic rings. The number of carboxylic acid groups (broad SMARTS) is 1. The minimum absolute atomic E-state index is 0.0715. The number of carboxylic acids is 1. The van der Waals surface area contributed by atoms with Crippen molar-refractivity contribution in [3.05, 3.63) is 17.5 Å². The molecule has 0 radical (unpaired) electrons. The van der Waals surface area contributed by atoms with Gasteiger partial charge in [0.05, 0.1) is 24.3 Å². The summed E-state index contributed by atoms with van der Waals surface area (Å²) < 4.78 is 4.94. The first-order valence-corrected chi connectivity index (χ1v) is 7.02. The van der Waals surface area contributed by atoms with Gasteiger partial charge in [-0.25, -0.2) is 14.8 Å². The van der Waals surface area contributed by atoms with E-state index in [0.717, 1.165) is 19.4 Å². The first-order valence-electron chi connectivity index (χ1n) is 7.02. The van der Waals surface area contributed by atoms with Gasteiger partial charge in [0.25, 0.3) is 0 Å². The molecule has 1 aromatic heterocycles. The molecular weight excluding hydrogens is 274 g/mol. The molecule has 114 valence electrons.